The molecule has 2 fully saturated rings. The van der Waals surface area contributed by atoms with Crippen molar-refractivity contribution in [1.82, 2.24) is 25.1 Å². The Kier molecular flexibility index (Phi) is 6.62. The number of para-hydroxylation sites is 1. The van der Waals surface area contributed by atoms with E-state index in [4.69, 9.17) is 9.47 Å². The van der Waals surface area contributed by atoms with Crippen molar-refractivity contribution >= 4 is 5.69 Å². The van der Waals surface area contributed by atoms with Gasteiger partial charge in [-0.15, -0.1) is 5.10 Å². The first-order chi connectivity index (χ1) is 16.7. The minimum absolute atomic E-state index is 0.141. The zero-order valence-electron chi connectivity index (χ0n) is 19.7. The van der Waals surface area contributed by atoms with E-state index >= 15 is 0 Å². The van der Waals surface area contributed by atoms with Gasteiger partial charge < -0.3 is 14.4 Å². The number of hydrogen-bond acceptors (Lipinski definition) is 7. The predicted molar refractivity (Wildman–Crippen MR) is 127 cm³/mol. The highest BCUT2D eigenvalue weighted by Crippen LogP contribution is 2.38. The molecule has 2 aliphatic rings. The molecule has 2 heterocycles. The summed E-state index contributed by atoms with van der Waals surface area (Å²) in [5.41, 5.74) is 1.70. The van der Waals surface area contributed by atoms with Crippen LogP contribution in [0, 0.1) is 5.82 Å². The van der Waals surface area contributed by atoms with Gasteiger partial charge in [0, 0.05) is 26.2 Å². The summed E-state index contributed by atoms with van der Waals surface area (Å²) in [7, 11) is 3.28. The van der Waals surface area contributed by atoms with Crippen molar-refractivity contribution in [2.75, 3.05) is 45.3 Å². The normalized spacial score (nSPS) is 18.3. The minimum atomic E-state index is -0.183. The van der Waals surface area contributed by atoms with Gasteiger partial charge in [-0.3, -0.25) is 4.90 Å². The van der Waals surface area contributed by atoms with Crippen LogP contribution in [0.1, 0.15) is 49.2 Å². The van der Waals surface area contributed by atoms with E-state index in [0.717, 1.165) is 50.4 Å². The summed E-state index contributed by atoms with van der Waals surface area (Å²) >= 11 is 0. The molecule has 180 valence electrons. The molecule has 1 atom stereocenters. The molecule has 2 aromatic carbocycles. The third-order valence-electron chi connectivity index (χ3n) is 7.03. The first-order valence-corrected chi connectivity index (χ1v) is 11.9. The Hall–Kier alpha value is -3.20. The van der Waals surface area contributed by atoms with E-state index in [1.54, 1.807) is 20.3 Å². The Morgan fingerprint density at radius 2 is 1.68 bits per heavy atom. The zero-order valence-corrected chi connectivity index (χ0v) is 19.7. The van der Waals surface area contributed by atoms with E-state index in [1.807, 2.05) is 28.9 Å². The first kappa shape index (κ1) is 22.6. The molecule has 1 aromatic heterocycles. The van der Waals surface area contributed by atoms with Gasteiger partial charge in [0.2, 0.25) is 0 Å². The number of piperazine rings is 1. The summed E-state index contributed by atoms with van der Waals surface area (Å²) < 4.78 is 27.5. The Morgan fingerprint density at radius 3 is 2.38 bits per heavy atom. The number of aromatic nitrogens is 4. The molecule has 0 bridgehead atoms. The molecular weight excluding hydrogens is 435 g/mol. The molecule has 5 rings (SSSR count). The lowest BCUT2D eigenvalue weighted by molar-refractivity contribution is 0.197. The van der Waals surface area contributed by atoms with E-state index in [2.05, 4.69) is 31.4 Å². The zero-order chi connectivity index (χ0) is 23.5. The van der Waals surface area contributed by atoms with Crippen LogP contribution in [0.3, 0.4) is 0 Å². The Labute approximate surface area is 199 Å². The largest absolute Gasteiger partial charge is 0.493 e. The summed E-state index contributed by atoms with van der Waals surface area (Å²) in [5.74, 6) is 2.02. The van der Waals surface area contributed by atoms with Gasteiger partial charge in [0.05, 0.1) is 32.0 Å². The Balaban J connectivity index is 1.47. The number of anilines is 1. The van der Waals surface area contributed by atoms with Crippen LogP contribution >= 0.6 is 0 Å². The van der Waals surface area contributed by atoms with E-state index in [9.17, 15) is 4.39 Å². The highest BCUT2D eigenvalue weighted by Gasteiger charge is 2.34. The maximum atomic E-state index is 14.4. The van der Waals surface area contributed by atoms with Crippen LogP contribution in [0.5, 0.6) is 11.5 Å². The second kappa shape index (κ2) is 9.97. The molecule has 3 aromatic rings. The molecule has 0 N–H and O–H groups in total. The van der Waals surface area contributed by atoms with Crippen LogP contribution in [0.15, 0.2) is 42.5 Å². The van der Waals surface area contributed by atoms with Crippen molar-refractivity contribution < 1.29 is 13.9 Å². The average Bonchev–Trinajstić information content (AvgIpc) is 3.57. The molecule has 1 aliphatic carbocycles. The number of hydrogen-bond donors (Lipinski definition) is 0. The van der Waals surface area contributed by atoms with E-state index in [1.165, 1.54) is 18.9 Å². The Bertz CT molecular complexity index is 1110. The fourth-order valence-corrected chi connectivity index (χ4v) is 5.26. The van der Waals surface area contributed by atoms with Crippen molar-refractivity contribution in [3.05, 3.63) is 59.7 Å². The topological polar surface area (TPSA) is 68.5 Å². The van der Waals surface area contributed by atoms with E-state index in [0.29, 0.717) is 23.2 Å². The van der Waals surface area contributed by atoms with Gasteiger partial charge in [-0.1, -0.05) is 31.0 Å². The summed E-state index contributed by atoms with van der Waals surface area (Å²) in [5, 5.41) is 13.0. The van der Waals surface area contributed by atoms with Gasteiger partial charge in [0.1, 0.15) is 5.82 Å². The second-order valence-electron chi connectivity index (χ2n) is 8.91. The predicted octanol–water partition coefficient (Wildman–Crippen LogP) is 3.86. The van der Waals surface area contributed by atoms with Gasteiger partial charge in [0.25, 0.3) is 0 Å². The summed E-state index contributed by atoms with van der Waals surface area (Å²) in [6, 6.07) is 13.2. The number of nitrogens with zero attached hydrogens (tertiary/aromatic N) is 6. The number of benzene rings is 2. The van der Waals surface area contributed by atoms with E-state index in [-0.39, 0.29) is 11.9 Å². The van der Waals surface area contributed by atoms with Crippen molar-refractivity contribution in [3.63, 3.8) is 0 Å². The molecule has 0 amide bonds. The van der Waals surface area contributed by atoms with Crippen molar-refractivity contribution in [3.8, 4) is 11.5 Å². The highest BCUT2D eigenvalue weighted by molar-refractivity contribution is 5.48. The maximum absolute atomic E-state index is 14.4. The third-order valence-corrected chi connectivity index (χ3v) is 7.03. The van der Waals surface area contributed by atoms with Gasteiger partial charge >= 0.3 is 0 Å². The van der Waals surface area contributed by atoms with Crippen molar-refractivity contribution in [2.45, 2.75) is 37.8 Å². The number of methoxy groups -OCH3 is 2. The smallest absolute Gasteiger partial charge is 0.173 e. The fourth-order valence-electron chi connectivity index (χ4n) is 5.26. The van der Waals surface area contributed by atoms with Crippen LogP contribution in [-0.2, 0) is 0 Å². The molecule has 34 heavy (non-hydrogen) atoms. The van der Waals surface area contributed by atoms with Crippen molar-refractivity contribution in [2.24, 2.45) is 0 Å². The lowest BCUT2D eigenvalue weighted by Crippen LogP contribution is -2.48. The lowest BCUT2D eigenvalue weighted by atomic mass is 10.0. The van der Waals surface area contributed by atoms with Gasteiger partial charge in [-0.05, 0) is 53.1 Å². The standard InChI is InChI=1S/C25H31FN6O2/c1-33-22-12-11-18(17-23(22)34-2)24(25-27-28-29-32(25)19-7-3-4-8-19)31-15-13-30(14-16-31)21-10-6-5-9-20(21)26/h5-6,9-12,17,19,24H,3-4,7-8,13-16H2,1-2H3/t24-/m0/s1. The molecule has 1 saturated carbocycles. The van der Waals surface area contributed by atoms with Crippen LogP contribution in [0.4, 0.5) is 10.1 Å². The fraction of sp³-hybridized carbons (Fsp3) is 0.480. The van der Waals surface area contributed by atoms with Crippen LogP contribution in [0.2, 0.25) is 0 Å². The average molecular weight is 467 g/mol. The number of rotatable bonds is 7. The second-order valence-corrected chi connectivity index (χ2v) is 8.91. The van der Waals surface area contributed by atoms with Gasteiger partial charge in [-0.25, -0.2) is 9.07 Å². The molecule has 8 nitrogen and oxygen atoms in total. The number of halogens is 1. The molecule has 0 radical (unpaired) electrons. The molecule has 0 unspecified atom stereocenters. The monoisotopic (exact) mass is 466 g/mol. The summed E-state index contributed by atoms with van der Waals surface area (Å²) in [4.78, 5) is 4.49. The van der Waals surface area contributed by atoms with Crippen LogP contribution in [-0.4, -0.2) is 65.5 Å². The van der Waals surface area contributed by atoms with Crippen LogP contribution < -0.4 is 14.4 Å². The van der Waals surface area contributed by atoms with Crippen LogP contribution in [0.25, 0.3) is 0 Å². The molecule has 0 spiro atoms. The molecule has 9 heteroatoms. The molecule has 1 aliphatic heterocycles. The molecular formula is C25H31FN6O2. The van der Waals surface area contributed by atoms with E-state index < -0.39 is 0 Å². The maximum Gasteiger partial charge on any atom is 0.173 e. The van der Waals surface area contributed by atoms with Crippen molar-refractivity contribution in [1.29, 1.82) is 0 Å². The molecule has 1 saturated heterocycles. The Morgan fingerprint density at radius 1 is 0.941 bits per heavy atom. The minimum Gasteiger partial charge on any atom is -0.493 e. The van der Waals surface area contributed by atoms with Gasteiger partial charge in [-0.2, -0.15) is 0 Å². The summed E-state index contributed by atoms with van der Waals surface area (Å²) in [6.07, 6.45) is 4.59. The number of ether oxygens (including phenoxy) is 2. The SMILES string of the molecule is COc1ccc([C@@H](c2nnnn2C2CCCC2)N2CCN(c3ccccc3F)CC2)cc1OC. The lowest BCUT2D eigenvalue weighted by Gasteiger charge is -2.40. The number of tetrazole rings is 1. The quantitative estimate of drug-likeness (QED) is 0.524. The third kappa shape index (κ3) is 4.32. The van der Waals surface area contributed by atoms with Gasteiger partial charge in [0.15, 0.2) is 17.3 Å². The highest BCUT2D eigenvalue weighted by atomic mass is 19.1. The summed E-state index contributed by atoms with van der Waals surface area (Å²) in [6.45, 7) is 2.95. The first-order valence-electron chi connectivity index (χ1n) is 11.9.